The Morgan fingerprint density at radius 1 is 0.968 bits per heavy atom. The molecule has 2 fully saturated rings. The molecule has 0 spiro atoms. The zero-order valence-corrected chi connectivity index (χ0v) is 20.6. The Balaban J connectivity index is 0.00000272. The zero-order valence-electron chi connectivity index (χ0n) is 17.8. The fourth-order valence-corrected chi connectivity index (χ4v) is 6.41. The molecule has 4 rings (SSSR count). The van der Waals surface area contributed by atoms with Crippen LogP contribution in [0.4, 0.5) is 0 Å². The molecule has 0 amide bonds. The molecule has 6 nitrogen and oxygen atoms in total. The van der Waals surface area contributed by atoms with Gasteiger partial charge < -0.3 is 0 Å². The summed E-state index contributed by atoms with van der Waals surface area (Å²) in [7, 11) is -3.87. The number of nitrogens with two attached hydrogens (primary N) is 1. The number of rotatable bonds is 5. The summed E-state index contributed by atoms with van der Waals surface area (Å²) in [4.78, 5) is 51.0. The molecule has 2 aromatic rings. The van der Waals surface area contributed by atoms with Crippen LogP contribution in [0.1, 0.15) is 47.4 Å². The minimum absolute atomic E-state index is 0. The Labute approximate surface area is 202 Å². The van der Waals surface area contributed by atoms with Crippen molar-refractivity contribution in [3.63, 3.8) is 0 Å². The Bertz CT molecular complexity index is 1140. The van der Waals surface area contributed by atoms with Crippen molar-refractivity contribution < 1.29 is 23.7 Å². The third-order valence-corrected chi connectivity index (χ3v) is 8.86. The van der Waals surface area contributed by atoms with Crippen LogP contribution in [0, 0.1) is 16.7 Å². The van der Waals surface area contributed by atoms with E-state index in [1.165, 1.54) is 24.3 Å². The molecule has 0 saturated heterocycles. The van der Waals surface area contributed by atoms with E-state index in [4.69, 9.17) is 5.50 Å². The second-order valence-electron chi connectivity index (χ2n) is 8.62. The molecule has 3 atom stereocenters. The van der Waals surface area contributed by atoms with Gasteiger partial charge in [-0.15, -0.1) is 0 Å². The fourth-order valence-electron chi connectivity index (χ4n) is 5.05. The van der Waals surface area contributed by atoms with Crippen LogP contribution in [-0.4, -0.2) is 52.4 Å². The normalized spacial score (nSPS) is 25.6. The number of Topliss-reactive ketones (excluding diaryl/α,β-unsaturated/α-hetero) is 3. The SMILES string of the molecule is CC1(C)C2CCC1(C(=O)c1ccc(P(N)(=O)C(=O)c3ccccc3)cc1)C(=O)C2=O.[Na]. The van der Waals surface area contributed by atoms with E-state index >= 15 is 0 Å². The van der Waals surface area contributed by atoms with E-state index in [2.05, 4.69) is 0 Å². The van der Waals surface area contributed by atoms with Crippen molar-refractivity contribution in [2.75, 3.05) is 0 Å². The van der Waals surface area contributed by atoms with Gasteiger partial charge in [0.15, 0.2) is 5.78 Å². The molecule has 8 heteroatoms. The van der Waals surface area contributed by atoms with Gasteiger partial charge in [-0.3, -0.25) is 29.2 Å². The molecule has 0 heterocycles. The average molecular weight is 446 g/mol. The van der Waals surface area contributed by atoms with Gasteiger partial charge in [-0.2, -0.15) is 0 Å². The van der Waals surface area contributed by atoms with E-state index < -0.39 is 46.9 Å². The number of carbonyl (C=O) groups is 4. The molecule has 0 aliphatic heterocycles. The van der Waals surface area contributed by atoms with E-state index in [1.807, 2.05) is 0 Å². The molecule has 2 aliphatic carbocycles. The summed E-state index contributed by atoms with van der Waals surface area (Å²) in [5.74, 6) is -1.91. The number of carbonyl (C=O) groups excluding carboxylic acids is 4. The van der Waals surface area contributed by atoms with E-state index in [1.54, 1.807) is 44.2 Å². The van der Waals surface area contributed by atoms with Crippen LogP contribution in [0.3, 0.4) is 0 Å². The summed E-state index contributed by atoms with van der Waals surface area (Å²) >= 11 is 0. The number of hydrogen-bond donors (Lipinski definition) is 1. The molecular formula is C23H22NNaO5P. The van der Waals surface area contributed by atoms with Gasteiger partial charge >= 0.3 is 0 Å². The van der Waals surface area contributed by atoms with Gasteiger partial charge in [-0.25, -0.2) is 0 Å². The first-order valence-electron chi connectivity index (χ1n) is 9.78. The van der Waals surface area contributed by atoms with Crippen LogP contribution in [0.2, 0.25) is 0 Å². The summed E-state index contributed by atoms with van der Waals surface area (Å²) in [6.45, 7) is 3.60. The first kappa shape index (κ1) is 24.0. The van der Waals surface area contributed by atoms with Crippen molar-refractivity contribution in [2.45, 2.75) is 26.7 Å². The maximum Gasteiger partial charge on any atom is 0.241 e. The average Bonchev–Trinajstić information content (AvgIpc) is 3.09. The van der Waals surface area contributed by atoms with Gasteiger partial charge in [0.25, 0.3) is 0 Å². The largest absolute Gasteiger partial charge is 0.293 e. The molecule has 2 bridgehead atoms. The van der Waals surface area contributed by atoms with Crippen LogP contribution in [0.15, 0.2) is 54.6 Å². The topological polar surface area (TPSA) is 111 Å². The quantitative estimate of drug-likeness (QED) is 0.249. The maximum atomic E-state index is 13.4. The number of benzene rings is 2. The van der Waals surface area contributed by atoms with Gasteiger partial charge in [-0.05, 0) is 30.4 Å². The summed E-state index contributed by atoms with van der Waals surface area (Å²) in [6, 6.07) is 13.8. The first-order chi connectivity index (χ1) is 14.0. The number of fused-ring (bicyclic) bond motifs is 2. The van der Waals surface area contributed by atoms with E-state index in [0.29, 0.717) is 12.8 Å². The van der Waals surface area contributed by atoms with Crippen molar-refractivity contribution >= 4 is 65.0 Å². The van der Waals surface area contributed by atoms with E-state index in [-0.39, 0.29) is 46.0 Å². The predicted molar refractivity (Wildman–Crippen MR) is 118 cm³/mol. The van der Waals surface area contributed by atoms with Crippen LogP contribution < -0.4 is 10.8 Å². The smallest absolute Gasteiger partial charge is 0.241 e. The third-order valence-electron chi connectivity index (χ3n) is 6.93. The molecule has 2 N–H and O–H groups in total. The van der Waals surface area contributed by atoms with Crippen LogP contribution in [-0.2, 0) is 14.2 Å². The minimum atomic E-state index is -3.87. The van der Waals surface area contributed by atoms with Crippen molar-refractivity contribution in [1.29, 1.82) is 0 Å². The van der Waals surface area contributed by atoms with Gasteiger partial charge in [-0.1, -0.05) is 56.3 Å². The second-order valence-corrected chi connectivity index (χ2v) is 10.9. The van der Waals surface area contributed by atoms with Gasteiger partial charge in [0.05, 0.1) is 0 Å². The summed E-state index contributed by atoms with van der Waals surface area (Å²) < 4.78 is 13.0. The first-order valence-corrected chi connectivity index (χ1v) is 11.6. The predicted octanol–water partition coefficient (Wildman–Crippen LogP) is 2.77. The Hall–Kier alpha value is -1.69. The monoisotopic (exact) mass is 446 g/mol. The minimum Gasteiger partial charge on any atom is -0.293 e. The van der Waals surface area contributed by atoms with Crippen molar-refractivity contribution in [1.82, 2.24) is 0 Å². The zero-order chi connectivity index (χ0) is 21.9. The molecule has 31 heavy (non-hydrogen) atoms. The molecular weight excluding hydrogens is 424 g/mol. The molecule has 2 aromatic carbocycles. The summed E-state index contributed by atoms with van der Waals surface area (Å²) in [5.41, 5.74) is 3.64. The summed E-state index contributed by atoms with van der Waals surface area (Å²) in [5, 5.41) is 0.128. The second kappa shape index (κ2) is 8.02. The number of hydrogen-bond acceptors (Lipinski definition) is 5. The van der Waals surface area contributed by atoms with Gasteiger partial charge in [0, 0.05) is 51.9 Å². The van der Waals surface area contributed by atoms with Crippen molar-refractivity contribution in [3.8, 4) is 0 Å². The molecule has 1 radical (unpaired) electrons. The standard InChI is InChI=1S/C23H22NO5P.Na/c1-22(2)17-12-13-23(22,20(27)18(17)25)19(26)14-8-10-16(11-9-14)30(24,29)21(28)15-6-4-3-5-7-15;/h3-11,17H,12-13H2,1-2H3,(H2,24,29);. The Morgan fingerprint density at radius 3 is 2.06 bits per heavy atom. The van der Waals surface area contributed by atoms with Crippen molar-refractivity contribution in [2.24, 2.45) is 22.3 Å². The molecule has 2 saturated carbocycles. The van der Waals surface area contributed by atoms with Crippen LogP contribution >= 0.6 is 7.29 Å². The van der Waals surface area contributed by atoms with Crippen LogP contribution in [0.25, 0.3) is 0 Å². The van der Waals surface area contributed by atoms with Crippen LogP contribution in [0.5, 0.6) is 0 Å². The molecule has 0 aromatic heterocycles. The number of ketones is 3. The molecule has 155 valence electrons. The summed E-state index contributed by atoms with van der Waals surface area (Å²) in [6.07, 6.45) is 0.864. The fraction of sp³-hybridized carbons (Fsp3) is 0.304. The van der Waals surface area contributed by atoms with E-state index in [0.717, 1.165) is 0 Å². The van der Waals surface area contributed by atoms with Gasteiger partial charge in [0.2, 0.25) is 24.4 Å². The van der Waals surface area contributed by atoms with Gasteiger partial charge in [0.1, 0.15) is 5.41 Å². The maximum absolute atomic E-state index is 13.4. The Kier molecular flexibility index (Phi) is 6.20. The molecule has 3 unspecified atom stereocenters. The third kappa shape index (κ3) is 3.28. The molecule has 2 aliphatic rings. The van der Waals surface area contributed by atoms with Crippen molar-refractivity contribution in [3.05, 3.63) is 65.7 Å². The van der Waals surface area contributed by atoms with E-state index in [9.17, 15) is 23.7 Å². The Morgan fingerprint density at radius 2 is 1.55 bits per heavy atom.